The standard InChI is InChI=1S/C19H19N3O4S/c1-2-26-11-10-21-16-13-15(22(24)25)8-9-17(16)27-19(21)20-18(23)12-14-6-4-3-5-7-14/h3-9,13H,2,10-12H2,1H3. The number of fused-ring (bicyclic) bond motifs is 1. The van der Waals surface area contributed by atoms with Gasteiger partial charge in [-0.3, -0.25) is 14.9 Å². The number of hydrogen-bond acceptors (Lipinski definition) is 5. The predicted octanol–water partition coefficient (Wildman–Crippen LogP) is 3.32. The second kappa shape index (κ2) is 8.70. The fraction of sp³-hybridized carbons (Fsp3) is 0.263. The number of aromatic nitrogens is 1. The average molecular weight is 385 g/mol. The fourth-order valence-electron chi connectivity index (χ4n) is 2.69. The van der Waals surface area contributed by atoms with E-state index in [1.54, 1.807) is 6.07 Å². The number of carbonyl (C=O) groups is 1. The molecule has 1 aromatic heterocycles. The van der Waals surface area contributed by atoms with E-state index in [-0.39, 0.29) is 18.0 Å². The number of nitrogens with zero attached hydrogens (tertiary/aromatic N) is 3. The van der Waals surface area contributed by atoms with Crippen LogP contribution >= 0.6 is 11.3 Å². The van der Waals surface area contributed by atoms with Crippen LogP contribution in [0.3, 0.4) is 0 Å². The van der Waals surface area contributed by atoms with Gasteiger partial charge in [-0.2, -0.15) is 4.99 Å². The molecule has 0 saturated carbocycles. The molecule has 0 atom stereocenters. The van der Waals surface area contributed by atoms with Crippen molar-refractivity contribution in [1.29, 1.82) is 0 Å². The van der Waals surface area contributed by atoms with Gasteiger partial charge in [0.2, 0.25) is 0 Å². The van der Waals surface area contributed by atoms with Gasteiger partial charge >= 0.3 is 0 Å². The summed E-state index contributed by atoms with van der Waals surface area (Å²) in [5.41, 5.74) is 1.58. The zero-order valence-corrected chi connectivity index (χ0v) is 15.6. The predicted molar refractivity (Wildman–Crippen MR) is 104 cm³/mol. The van der Waals surface area contributed by atoms with Gasteiger partial charge in [0.25, 0.3) is 11.6 Å². The molecule has 0 saturated heterocycles. The van der Waals surface area contributed by atoms with Crippen molar-refractivity contribution in [2.24, 2.45) is 4.99 Å². The lowest BCUT2D eigenvalue weighted by Gasteiger charge is -2.05. The van der Waals surface area contributed by atoms with Crippen LogP contribution in [0.2, 0.25) is 0 Å². The number of hydrogen-bond donors (Lipinski definition) is 0. The summed E-state index contributed by atoms with van der Waals surface area (Å²) >= 11 is 1.34. The number of thiazole rings is 1. The molecular formula is C19H19N3O4S. The molecule has 0 fully saturated rings. The molecule has 0 radical (unpaired) electrons. The molecule has 0 bridgehead atoms. The van der Waals surface area contributed by atoms with E-state index in [4.69, 9.17) is 4.74 Å². The van der Waals surface area contributed by atoms with Gasteiger partial charge in [-0.05, 0) is 18.6 Å². The Morgan fingerprint density at radius 1 is 1.26 bits per heavy atom. The topological polar surface area (TPSA) is 86.7 Å². The Labute approximate surface area is 159 Å². The normalized spacial score (nSPS) is 11.8. The van der Waals surface area contributed by atoms with Gasteiger partial charge in [-0.15, -0.1) is 0 Å². The molecule has 7 nitrogen and oxygen atoms in total. The van der Waals surface area contributed by atoms with E-state index in [9.17, 15) is 14.9 Å². The van der Waals surface area contributed by atoms with Gasteiger partial charge in [0.1, 0.15) is 0 Å². The number of carbonyl (C=O) groups excluding carboxylic acids is 1. The maximum absolute atomic E-state index is 12.4. The molecule has 2 aromatic carbocycles. The average Bonchev–Trinajstić information content (AvgIpc) is 2.99. The number of benzene rings is 2. The maximum atomic E-state index is 12.4. The van der Waals surface area contributed by atoms with Crippen LogP contribution in [-0.4, -0.2) is 28.6 Å². The lowest BCUT2D eigenvalue weighted by molar-refractivity contribution is -0.384. The Hall–Kier alpha value is -2.84. The molecule has 27 heavy (non-hydrogen) atoms. The molecule has 3 aromatic rings. The summed E-state index contributed by atoms with van der Waals surface area (Å²) < 4.78 is 8.06. The maximum Gasteiger partial charge on any atom is 0.271 e. The summed E-state index contributed by atoms with van der Waals surface area (Å²) in [5, 5.41) is 11.1. The first kappa shape index (κ1) is 18.9. The number of ether oxygens (including phenoxy) is 1. The summed E-state index contributed by atoms with van der Waals surface area (Å²) in [4.78, 5) is 27.9. The first-order chi connectivity index (χ1) is 13.1. The number of nitro groups is 1. The Morgan fingerprint density at radius 3 is 2.74 bits per heavy atom. The Kier molecular flexibility index (Phi) is 6.10. The van der Waals surface area contributed by atoms with Crippen molar-refractivity contribution in [1.82, 2.24) is 4.57 Å². The summed E-state index contributed by atoms with van der Waals surface area (Å²) in [6, 6.07) is 14.1. The third kappa shape index (κ3) is 4.66. The van der Waals surface area contributed by atoms with E-state index >= 15 is 0 Å². The molecule has 0 spiro atoms. The molecule has 8 heteroatoms. The zero-order valence-electron chi connectivity index (χ0n) is 14.8. The van der Waals surface area contributed by atoms with Crippen LogP contribution in [0.15, 0.2) is 53.5 Å². The van der Waals surface area contributed by atoms with E-state index in [1.165, 1.54) is 23.5 Å². The van der Waals surface area contributed by atoms with Crippen LogP contribution in [0.25, 0.3) is 10.2 Å². The van der Waals surface area contributed by atoms with Gasteiger partial charge in [0.15, 0.2) is 4.80 Å². The first-order valence-electron chi connectivity index (χ1n) is 8.55. The lowest BCUT2D eigenvalue weighted by Crippen LogP contribution is -2.20. The molecule has 0 N–H and O–H groups in total. The molecule has 0 aliphatic carbocycles. The minimum atomic E-state index is -0.429. The highest BCUT2D eigenvalue weighted by molar-refractivity contribution is 7.16. The van der Waals surface area contributed by atoms with E-state index in [0.29, 0.717) is 30.1 Å². The number of amides is 1. The van der Waals surface area contributed by atoms with Crippen LogP contribution < -0.4 is 4.80 Å². The molecule has 0 aliphatic heterocycles. The fourth-order valence-corrected chi connectivity index (χ4v) is 3.74. The largest absolute Gasteiger partial charge is 0.380 e. The van der Waals surface area contributed by atoms with Crippen molar-refractivity contribution in [3.63, 3.8) is 0 Å². The van der Waals surface area contributed by atoms with Crippen LogP contribution in [0.1, 0.15) is 12.5 Å². The summed E-state index contributed by atoms with van der Waals surface area (Å²) in [6.07, 6.45) is 0.209. The zero-order chi connectivity index (χ0) is 19.2. The molecule has 3 rings (SSSR count). The van der Waals surface area contributed by atoms with Crippen LogP contribution in [0.5, 0.6) is 0 Å². The first-order valence-corrected chi connectivity index (χ1v) is 9.37. The van der Waals surface area contributed by atoms with Crippen molar-refractivity contribution >= 4 is 33.1 Å². The van der Waals surface area contributed by atoms with E-state index < -0.39 is 4.92 Å². The van der Waals surface area contributed by atoms with Gasteiger partial charge in [0.05, 0.1) is 28.2 Å². The molecule has 140 valence electrons. The smallest absolute Gasteiger partial charge is 0.271 e. The Balaban J connectivity index is 2.00. The van der Waals surface area contributed by atoms with Gasteiger partial charge < -0.3 is 9.30 Å². The van der Waals surface area contributed by atoms with E-state index in [2.05, 4.69) is 4.99 Å². The highest BCUT2D eigenvalue weighted by Crippen LogP contribution is 2.23. The monoisotopic (exact) mass is 385 g/mol. The van der Waals surface area contributed by atoms with Crippen molar-refractivity contribution in [2.75, 3.05) is 13.2 Å². The van der Waals surface area contributed by atoms with Crippen LogP contribution in [0.4, 0.5) is 5.69 Å². The quantitative estimate of drug-likeness (QED) is 0.355. The van der Waals surface area contributed by atoms with Crippen molar-refractivity contribution in [2.45, 2.75) is 19.9 Å². The van der Waals surface area contributed by atoms with Crippen molar-refractivity contribution < 1.29 is 14.5 Å². The van der Waals surface area contributed by atoms with Gasteiger partial charge in [-0.1, -0.05) is 41.7 Å². The third-order valence-corrected chi connectivity index (χ3v) is 5.02. The Morgan fingerprint density at radius 2 is 2.04 bits per heavy atom. The minimum absolute atomic E-state index is 0.00706. The van der Waals surface area contributed by atoms with Crippen molar-refractivity contribution in [3.05, 3.63) is 69.0 Å². The van der Waals surface area contributed by atoms with Crippen LogP contribution in [-0.2, 0) is 22.5 Å². The van der Waals surface area contributed by atoms with E-state index in [1.807, 2.05) is 41.8 Å². The molecule has 0 unspecified atom stereocenters. The Bertz CT molecular complexity index is 1020. The van der Waals surface area contributed by atoms with Crippen molar-refractivity contribution in [3.8, 4) is 0 Å². The highest BCUT2D eigenvalue weighted by atomic mass is 32.1. The van der Waals surface area contributed by atoms with Gasteiger partial charge in [-0.25, -0.2) is 0 Å². The molecular weight excluding hydrogens is 366 g/mol. The summed E-state index contributed by atoms with van der Waals surface area (Å²) in [6.45, 7) is 3.37. The number of rotatable bonds is 7. The number of nitro benzene ring substituents is 1. The highest BCUT2D eigenvalue weighted by Gasteiger charge is 2.13. The molecule has 1 heterocycles. The summed E-state index contributed by atoms with van der Waals surface area (Å²) in [7, 11) is 0. The lowest BCUT2D eigenvalue weighted by atomic mass is 10.1. The van der Waals surface area contributed by atoms with Gasteiger partial charge in [0, 0.05) is 25.3 Å². The SMILES string of the molecule is CCOCCn1c(=NC(=O)Cc2ccccc2)sc2ccc([N+](=O)[O-])cc21. The van der Waals surface area contributed by atoms with E-state index in [0.717, 1.165) is 10.3 Å². The number of non-ortho nitro benzene ring substituents is 1. The van der Waals surface area contributed by atoms with Crippen LogP contribution in [0, 0.1) is 10.1 Å². The molecule has 0 aliphatic rings. The second-order valence-corrected chi connectivity index (χ2v) is 6.82. The second-order valence-electron chi connectivity index (χ2n) is 5.81. The summed E-state index contributed by atoms with van der Waals surface area (Å²) in [5.74, 6) is -0.257. The molecule has 1 amide bonds. The minimum Gasteiger partial charge on any atom is -0.380 e. The third-order valence-electron chi connectivity index (χ3n) is 3.96.